The molecule has 5 heteroatoms. The van der Waals surface area contributed by atoms with Crippen LogP contribution in [0.3, 0.4) is 0 Å². The summed E-state index contributed by atoms with van der Waals surface area (Å²) in [5.74, 6) is 0.952. The lowest BCUT2D eigenvalue weighted by Gasteiger charge is -2.15. The molecule has 20 heavy (non-hydrogen) atoms. The van der Waals surface area contributed by atoms with Gasteiger partial charge in [-0.3, -0.25) is 4.98 Å². The standard InChI is InChI=1S/C15H14BrClN2O/c16-12-3-11(7-19-8-12)14(18)6-10-5-13(17)4-9-1-2-20-15(9)10/h3-5,7-8,14H,1-2,6,18H2. The lowest BCUT2D eigenvalue weighted by Crippen LogP contribution is -2.14. The average Bonchev–Trinajstić information content (AvgIpc) is 2.86. The van der Waals surface area contributed by atoms with E-state index in [1.165, 1.54) is 5.56 Å². The van der Waals surface area contributed by atoms with Crippen LogP contribution in [0, 0.1) is 0 Å². The number of rotatable bonds is 3. The van der Waals surface area contributed by atoms with Crippen molar-refractivity contribution in [3.8, 4) is 5.75 Å². The Morgan fingerprint density at radius 2 is 2.20 bits per heavy atom. The van der Waals surface area contributed by atoms with Crippen LogP contribution >= 0.6 is 27.5 Å². The second-order valence-corrected chi connectivity index (χ2v) is 6.25. The molecule has 104 valence electrons. The van der Waals surface area contributed by atoms with Crippen molar-refractivity contribution in [1.29, 1.82) is 0 Å². The summed E-state index contributed by atoms with van der Waals surface area (Å²) < 4.78 is 6.63. The van der Waals surface area contributed by atoms with Gasteiger partial charge in [-0.15, -0.1) is 0 Å². The van der Waals surface area contributed by atoms with E-state index in [-0.39, 0.29) is 6.04 Å². The number of benzene rings is 1. The number of nitrogens with zero attached hydrogens (tertiary/aromatic N) is 1. The summed E-state index contributed by atoms with van der Waals surface area (Å²) in [7, 11) is 0. The van der Waals surface area contributed by atoms with E-state index in [4.69, 9.17) is 22.1 Å². The van der Waals surface area contributed by atoms with Crippen LogP contribution in [0.25, 0.3) is 0 Å². The van der Waals surface area contributed by atoms with Gasteiger partial charge in [0.15, 0.2) is 0 Å². The van der Waals surface area contributed by atoms with E-state index in [1.54, 1.807) is 12.4 Å². The van der Waals surface area contributed by atoms with E-state index < -0.39 is 0 Å². The number of pyridine rings is 1. The van der Waals surface area contributed by atoms with E-state index in [0.29, 0.717) is 6.42 Å². The van der Waals surface area contributed by atoms with E-state index in [2.05, 4.69) is 20.9 Å². The summed E-state index contributed by atoms with van der Waals surface area (Å²) in [6, 6.07) is 5.77. The summed E-state index contributed by atoms with van der Waals surface area (Å²) in [6.45, 7) is 0.719. The van der Waals surface area contributed by atoms with Crippen molar-refractivity contribution in [1.82, 2.24) is 4.98 Å². The molecule has 0 spiro atoms. The highest BCUT2D eigenvalue weighted by Crippen LogP contribution is 2.35. The first-order valence-electron chi connectivity index (χ1n) is 6.43. The van der Waals surface area contributed by atoms with Gasteiger partial charge in [0.05, 0.1) is 6.61 Å². The van der Waals surface area contributed by atoms with Gasteiger partial charge >= 0.3 is 0 Å². The minimum atomic E-state index is -0.133. The van der Waals surface area contributed by atoms with Crippen molar-refractivity contribution in [2.75, 3.05) is 6.61 Å². The molecule has 3 rings (SSSR count). The lowest BCUT2D eigenvalue weighted by atomic mass is 9.98. The van der Waals surface area contributed by atoms with Gasteiger partial charge in [0.25, 0.3) is 0 Å². The van der Waals surface area contributed by atoms with Gasteiger partial charge in [-0.2, -0.15) is 0 Å². The number of halogens is 2. The smallest absolute Gasteiger partial charge is 0.125 e. The van der Waals surface area contributed by atoms with Gasteiger partial charge in [0.1, 0.15) is 5.75 Å². The fraction of sp³-hybridized carbons (Fsp3) is 0.267. The van der Waals surface area contributed by atoms with Gasteiger partial charge in [-0.1, -0.05) is 11.6 Å². The molecule has 2 heterocycles. The minimum Gasteiger partial charge on any atom is -0.493 e. The molecular formula is C15H14BrClN2O. The summed E-state index contributed by atoms with van der Waals surface area (Å²) >= 11 is 9.58. The van der Waals surface area contributed by atoms with Crippen molar-refractivity contribution >= 4 is 27.5 Å². The molecule has 0 saturated carbocycles. The summed E-state index contributed by atoms with van der Waals surface area (Å²) in [5, 5.41) is 0.740. The molecule has 3 nitrogen and oxygen atoms in total. The first kappa shape index (κ1) is 13.9. The maximum Gasteiger partial charge on any atom is 0.125 e. The van der Waals surface area contributed by atoms with Gasteiger partial charge < -0.3 is 10.5 Å². The Kier molecular flexibility index (Phi) is 3.96. The predicted molar refractivity (Wildman–Crippen MR) is 83.2 cm³/mol. The number of ether oxygens (including phenoxy) is 1. The van der Waals surface area contributed by atoms with E-state index in [1.807, 2.05) is 18.2 Å². The quantitative estimate of drug-likeness (QED) is 0.916. The highest BCUT2D eigenvalue weighted by Gasteiger charge is 2.19. The largest absolute Gasteiger partial charge is 0.493 e. The van der Waals surface area contributed by atoms with Crippen molar-refractivity contribution < 1.29 is 4.74 Å². The third-order valence-corrected chi connectivity index (χ3v) is 4.07. The Morgan fingerprint density at radius 1 is 1.35 bits per heavy atom. The molecule has 0 amide bonds. The van der Waals surface area contributed by atoms with Crippen LogP contribution < -0.4 is 10.5 Å². The SMILES string of the molecule is NC(Cc1cc(Cl)cc2c1OCC2)c1cncc(Br)c1. The molecule has 2 N–H and O–H groups in total. The summed E-state index contributed by atoms with van der Waals surface area (Å²) in [5.41, 5.74) is 9.51. The van der Waals surface area contributed by atoms with Gasteiger partial charge in [-0.25, -0.2) is 0 Å². The van der Waals surface area contributed by atoms with Crippen LogP contribution in [-0.4, -0.2) is 11.6 Å². The Bertz CT molecular complexity index is 648. The van der Waals surface area contributed by atoms with Crippen molar-refractivity contribution in [3.63, 3.8) is 0 Å². The molecule has 2 aromatic rings. The fourth-order valence-corrected chi connectivity index (χ4v) is 3.13. The maximum absolute atomic E-state index is 6.28. The molecule has 0 radical (unpaired) electrons. The molecule has 1 aliphatic heterocycles. The molecule has 1 unspecified atom stereocenters. The van der Waals surface area contributed by atoms with Crippen LogP contribution in [0.5, 0.6) is 5.75 Å². The van der Waals surface area contributed by atoms with Gasteiger partial charge in [-0.05, 0) is 57.2 Å². The second kappa shape index (κ2) is 5.72. The number of hydrogen-bond donors (Lipinski definition) is 1. The van der Waals surface area contributed by atoms with Crippen LogP contribution in [0.15, 0.2) is 35.1 Å². The van der Waals surface area contributed by atoms with Crippen LogP contribution in [0.4, 0.5) is 0 Å². The zero-order chi connectivity index (χ0) is 14.1. The zero-order valence-electron chi connectivity index (χ0n) is 10.8. The monoisotopic (exact) mass is 352 g/mol. The first-order chi connectivity index (χ1) is 9.63. The Morgan fingerprint density at radius 3 is 3.00 bits per heavy atom. The van der Waals surface area contributed by atoms with Gasteiger partial charge in [0, 0.05) is 34.4 Å². The highest BCUT2D eigenvalue weighted by atomic mass is 79.9. The third-order valence-electron chi connectivity index (χ3n) is 3.42. The summed E-state index contributed by atoms with van der Waals surface area (Å²) in [6.07, 6.45) is 5.13. The van der Waals surface area contributed by atoms with Crippen molar-refractivity contribution in [3.05, 3.63) is 56.8 Å². The predicted octanol–water partition coefficient (Wildman–Crippen LogP) is 3.67. The molecule has 1 aromatic carbocycles. The molecular weight excluding hydrogens is 340 g/mol. The van der Waals surface area contributed by atoms with Crippen molar-refractivity contribution in [2.45, 2.75) is 18.9 Å². The number of aromatic nitrogens is 1. The zero-order valence-corrected chi connectivity index (χ0v) is 13.1. The topological polar surface area (TPSA) is 48.1 Å². The number of nitrogens with two attached hydrogens (primary N) is 1. The average molecular weight is 354 g/mol. The molecule has 0 fully saturated rings. The van der Waals surface area contributed by atoms with Crippen LogP contribution in [0.2, 0.25) is 5.02 Å². The van der Waals surface area contributed by atoms with Crippen LogP contribution in [0.1, 0.15) is 22.7 Å². The molecule has 0 bridgehead atoms. The molecule has 1 atom stereocenters. The molecule has 1 aliphatic rings. The van der Waals surface area contributed by atoms with Crippen molar-refractivity contribution in [2.24, 2.45) is 5.73 Å². The fourth-order valence-electron chi connectivity index (χ4n) is 2.48. The highest BCUT2D eigenvalue weighted by molar-refractivity contribution is 9.10. The molecule has 0 aliphatic carbocycles. The Balaban J connectivity index is 1.88. The Labute approximate surface area is 131 Å². The molecule has 0 saturated heterocycles. The van der Waals surface area contributed by atoms with E-state index >= 15 is 0 Å². The summed E-state index contributed by atoms with van der Waals surface area (Å²) in [4.78, 5) is 4.15. The first-order valence-corrected chi connectivity index (χ1v) is 7.60. The third kappa shape index (κ3) is 2.82. The number of hydrogen-bond acceptors (Lipinski definition) is 3. The minimum absolute atomic E-state index is 0.133. The number of fused-ring (bicyclic) bond motifs is 1. The molecule has 1 aromatic heterocycles. The normalized spacial score (nSPS) is 14.8. The maximum atomic E-state index is 6.28. The van der Waals surface area contributed by atoms with E-state index in [0.717, 1.165) is 39.4 Å². The van der Waals surface area contributed by atoms with Crippen LogP contribution in [-0.2, 0) is 12.8 Å². The lowest BCUT2D eigenvalue weighted by molar-refractivity contribution is 0.352. The Hall–Kier alpha value is -1.10. The van der Waals surface area contributed by atoms with Gasteiger partial charge in [0.2, 0.25) is 0 Å². The van der Waals surface area contributed by atoms with E-state index in [9.17, 15) is 0 Å². The second-order valence-electron chi connectivity index (χ2n) is 4.90.